The molecule has 2 aromatic rings. The van der Waals surface area contributed by atoms with Crippen LogP contribution in [0.15, 0.2) is 18.3 Å². The molecule has 0 aliphatic rings. The quantitative estimate of drug-likeness (QED) is 0.697. The third-order valence-electron chi connectivity index (χ3n) is 1.47. The van der Waals surface area contributed by atoms with Crippen LogP contribution in [-0.4, -0.2) is 15.2 Å². The average Bonchev–Trinajstić information content (AvgIpc) is 2.52. The van der Waals surface area contributed by atoms with Gasteiger partial charge in [0.15, 0.2) is 0 Å². The molecule has 0 spiro atoms. The zero-order valence-electron chi connectivity index (χ0n) is 6.64. The number of nitrogen functional groups attached to an aromatic ring is 2. The molecule has 0 saturated heterocycles. The van der Waals surface area contributed by atoms with Crippen molar-refractivity contribution in [2.75, 3.05) is 11.5 Å². The summed E-state index contributed by atoms with van der Waals surface area (Å²) in [6.07, 6.45) is 1.63. The SMILES string of the molecule is Nc1cc(-c2nnc(N)s2)ccn1. The Morgan fingerprint density at radius 2 is 2.08 bits per heavy atom. The summed E-state index contributed by atoms with van der Waals surface area (Å²) in [5.41, 5.74) is 11.9. The van der Waals surface area contributed by atoms with E-state index in [0.29, 0.717) is 10.9 Å². The molecule has 0 aliphatic carbocycles. The number of nitrogens with two attached hydrogens (primary N) is 2. The number of pyridine rings is 1. The molecule has 5 nitrogen and oxygen atoms in total. The molecule has 4 N–H and O–H groups in total. The van der Waals surface area contributed by atoms with Crippen molar-refractivity contribution in [1.29, 1.82) is 0 Å². The number of hydrogen-bond donors (Lipinski definition) is 2. The lowest BCUT2D eigenvalue weighted by Gasteiger charge is -1.94. The fourth-order valence-corrected chi connectivity index (χ4v) is 1.54. The van der Waals surface area contributed by atoms with E-state index in [9.17, 15) is 0 Å². The van der Waals surface area contributed by atoms with E-state index in [1.165, 1.54) is 11.3 Å². The number of rotatable bonds is 1. The largest absolute Gasteiger partial charge is 0.384 e. The molecule has 0 radical (unpaired) electrons. The Balaban J connectivity index is 2.46. The van der Waals surface area contributed by atoms with E-state index in [1.54, 1.807) is 12.3 Å². The summed E-state index contributed by atoms with van der Waals surface area (Å²) in [5, 5.41) is 8.80. The molecule has 0 amide bonds. The van der Waals surface area contributed by atoms with E-state index in [4.69, 9.17) is 11.5 Å². The summed E-state index contributed by atoms with van der Waals surface area (Å²) in [6, 6.07) is 3.55. The number of anilines is 2. The highest BCUT2D eigenvalue weighted by molar-refractivity contribution is 7.18. The summed E-state index contributed by atoms with van der Waals surface area (Å²) in [5.74, 6) is 0.464. The molecule has 0 saturated carbocycles. The average molecular weight is 193 g/mol. The monoisotopic (exact) mass is 193 g/mol. The lowest BCUT2D eigenvalue weighted by atomic mass is 10.3. The van der Waals surface area contributed by atoms with Crippen LogP contribution in [0.3, 0.4) is 0 Å². The fourth-order valence-electron chi connectivity index (χ4n) is 0.933. The minimum absolute atomic E-state index is 0.449. The zero-order chi connectivity index (χ0) is 9.26. The molecule has 2 rings (SSSR count). The van der Waals surface area contributed by atoms with Crippen LogP contribution < -0.4 is 11.5 Å². The van der Waals surface area contributed by atoms with Crippen LogP contribution in [0.1, 0.15) is 0 Å². The first-order valence-electron chi connectivity index (χ1n) is 3.56. The van der Waals surface area contributed by atoms with Gasteiger partial charge in [0.1, 0.15) is 10.8 Å². The highest BCUT2D eigenvalue weighted by atomic mass is 32.1. The van der Waals surface area contributed by atoms with Crippen LogP contribution in [0.5, 0.6) is 0 Å². The van der Waals surface area contributed by atoms with Crippen LogP contribution in [0.4, 0.5) is 10.9 Å². The summed E-state index contributed by atoms with van der Waals surface area (Å²) in [4.78, 5) is 3.88. The predicted molar refractivity (Wildman–Crippen MR) is 52.0 cm³/mol. The van der Waals surface area contributed by atoms with Gasteiger partial charge in [0.05, 0.1) is 0 Å². The second kappa shape index (κ2) is 2.98. The standard InChI is InChI=1S/C7H7N5S/c8-5-3-4(1-2-10-5)6-11-12-7(9)13-6/h1-3H,(H2,8,10)(H2,9,12). The van der Waals surface area contributed by atoms with Crippen LogP contribution in [-0.2, 0) is 0 Å². The third-order valence-corrected chi connectivity index (χ3v) is 2.27. The summed E-state index contributed by atoms with van der Waals surface area (Å²) in [7, 11) is 0. The van der Waals surface area contributed by atoms with Crippen molar-refractivity contribution >= 4 is 22.3 Å². The molecule has 0 atom stereocenters. The van der Waals surface area contributed by atoms with Crippen molar-refractivity contribution in [3.8, 4) is 10.6 Å². The first-order valence-corrected chi connectivity index (χ1v) is 4.38. The van der Waals surface area contributed by atoms with Crippen LogP contribution in [0.25, 0.3) is 10.6 Å². The Bertz CT molecular complexity index is 424. The molecule has 0 aliphatic heterocycles. The van der Waals surface area contributed by atoms with Crippen molar-refractivity contribution in [3.63, 3.8) is 0 Å². The van der Waals surface area contributed by atoms with E-state index in [0.717, 1.165) is 10.6 Å². The van der Waals surface area contributed by atoms with Gasteiger partial charge in [-0.3, -0.25) is 0 Å². The van der Waals surface area contributed by atoms with Crippen molar-refractivity contribution in [2.45, 2.75) is 0 Å². The van der Waals surface area contributed by atoms with E-state index in [1.807, 2.05) is 6.07 Å². The summed E-state index contributed by atoms with van der Waals surface area (Å²) < 4.78 is 0. The van der Waals surface area contributed by atoms with Gasteiger partial charge in [-0.2, -0.15) is 0 Å². The van der Waals surface area contributed by atoms with Crippen molar-refractivity contribution < 1.29 is 0 Å². The zero-order valence-corrected chi connectivity index (χ0v) is 7.45. The van der Waals surface area contributed by atoms with Crippen LogP contribution in [0.2, 0.25) is 0 Å². The van der Waals surface area contributed by atoms with Crippen molar-refractivity contribution in [1.82, 2.24) is 15.2 Å². The maximum Gasteiger partial charge on any atom is 0.203 e. The molecule has 0 fully saturated rings. The van der Waals surface area contributed by atoms with Crippen LogP contribution >= 0.6 is 11.3 Å². The molecule has 2 aromatic heterocycles. The van der Waals surface area contributed by atoms with Gasteiger partial charge in [-0.1, -0.05) is 11.3 Å². The first-order chi connectivity index (χ1) is 6.25. The molecule has 0 unspecified atom stereocenters. The Morgan fingerprint density at radius 3 is 2.69 bits per heavy atom. The second-order valence-electron chi connectivity index (χ2n) is 2.41. The third kappa shape index (κ3) is 1.57. The van der Waals surface area contributed by atoms with Gasteiger partial charge in [-0.25, -0.2) is 4.98 Å². The van der Waals surface area contributed by atoms with Gasteiger partial charge in [0, 0.05) is 11.8 Å². The predicted octanol–water partition coefficient (Wildman–Crippen LogP) is 0.765. The molecule has 2 heterocycles. The summed E-state index contributed by atoms with van der Waals surface area (Å²) in [6.45, 7) is 0. The molecule has 66 valence electrons. The van der Waals surface area contributed by atoms with Gasteiger partial charge in [0.2, 0.25) is 5.13 Å². The van der Waals surface area contributed by atoms with Gasteiger partial charge in [-0.05, 0) is 12.1 Å². The van der Waals surface area contributed by atoms with E-state index >= 15 is 0 Å². The molecule has 6 heteroatoms. The highest BCUT2D eigenvalue weighted by Crippen LogP contribution is 2.24. The topological polar surface area (TPSA) is 90.7 Å². The lowest BCUT2D eigenvalue weighted by molar-refractivity contribution is 1.10. The van der Waals surface area contributed by atoms with E-state index < -0.39 is 0 Å². The Hall–Kier alpha value is -1.69. The number of aromatic nitrogens is 3. The van der Waals surface area contributed by atoms with Gasteiger partial charge < -0.3 is 11.5 Å². The maximum atomic E-state index is 5.52. The fraction of sp³-hybridized carbons (Fsp3) is 0. The lowest BCUT2D eigenvalue weighted by Crippen LogP contribution is -1.88. The number of hydrogen-bond acceptors (Lipinski definition) is 6. The minimum Gasteiger partial charge on any atom is -0.384 e. The Kier molecular flexibility index (Phi) is 1.82. The van der Waals surface area contributed by atoms with E-state index in [-0.39, 0.29) is 0 Å². The van der Waals surface area contributed by atoms with Gasteiger partial charge in [-0.15, -0.1) is 10.2 Å². The molecule has 0 aromatic carbocycles. The minimum atomic E-state index is 0.449. The first kappa shape index (κ1) is 7.93. The normalized spacial score (nSPS) is 10.2. The van der Waals surface area contributed by atoms with Gasteiger partial charge >= 0.3 is 0 Å². The maximum absolute atomic E-state index is 5.52. The van der Waals surface area contributed by atoms with Crippen molar-refractivity contribution in [3.05, 3.63) is 18.3 Å². The molecule has 0 bridgehead atoms. The smallest absolute Gasteiger partial charge is 0.203 e. The highest BCUT2D eigenvalue weighted by Gasteiger charge is 2.03. The van der Waals surface area contributed by atoms with Crippen LogP contribution in [0, 0.1) is 0 Å². The number of nitrogens with zero attached hydrogens (tertiary/aromatic N) is 3. The summed E-state index contributed by atoms with van der Waals surface area (Å²) >= 11 is 1.32. The Morgan fingerprint density at radius 1 is 1.23 bits per heavy atom. The molecule has 13 heavy (non-hydrogen) atoms. The molecular formula is C7H7N5S. The Labute approximate surface area is 78.4 Å². The van der Waals surface area contributed by atoms with Crippen molar-refractivity contribution in [2.24, 2.45) is 0 Å². The van der Waals surface area contributed by atoms with Gasteiger partial charge in [0.25, 0.3) is 0 Å². The van der Waals surface area contributed by atoms with E-state index in [2.05, 4.69) is 15.2 Å². The second-order valence-corrected chi connectivity index (χ2v) is 3.42. The molecular weight excluding hydrogens is 186 g/mol.